The summed E-state index contributed by atoms with van der Waals surface area (Å²) >= 11 is 0.923. The van der Waals surface area contributed by atoms with E-state index in [0.29, 0.717) is 10.6 Å². The number of thiophene rings is 1. The summed E-state index contributed by atoms with van der Waals surface area (Å²) in [7, 11) is -3.96. The van der Waals surface area contributed by atoms with E-state index < -0.39 is 21.7 Å². The fourth-order valence-electron chi connectivity index (χ4n) is 1.85. The molecule has 0 bridgehead atoms. The van der Waals surface area contributed by atoms with Gasteiger partial charge in [0.15, 0.2) is 11.6 Å². The van der Waals surface area contributed by atoms with Gasteiger partial charge >= 0.3 is 0 Å². The highest BCUT2D eigenvalue weighted by atomic mass is 32.2. The van der Waals surface area contributed by atoms with Crippen molar-refractivity contribution in [1.82, 2.24) is 10.2 Å². The Kier molecular flexibility index (Phi) is 4.16. The Labute approximate surface area is 138 Å². The van der Waals surface area contributed by atoms with Gasteiger partial charge in [0.2, 0.25) is 0 Å². The van der Waals surface area contributed by atoms with Gasteiger partial charge in [-0.1, -0.05) is 0 Å². The van der Waals surface area contributed by atoms with Crippen LogP contribution in [0.25, 0.3) is 10.6 Å². The van der Waals surface area contributed by atoms with Gasteiger partial charge in [-0.05, 0) is 30.3 Å². The Balaban J connectivity index is 1.89. The van der Waals surface area contributed by atoms with Crippen LogP contribution in [0.3, 0.4) is 0 Å². The molecule has 0 radical (unpaired) electrons. The van der Waals surface area contributed by atoms with Crippen molar-refractivity contribution >= 4 is 27.0 Å². The number of aromatic nitrogens is 2. The van der Waals surface area contributed by atoms with Crippen molar-refractivity contribution in [3.05, 3.63) is 64.5 Å². The van der Waals surface area contributed by atoms with E-state index in [1.54, 1.807) is 0 Å². The summed E-state index contributed by atoms with van der Waals surface area (Å²) in [6, 6.07) is 8.33. The summed E-state index contributed by atoms with van der Waals surface area (Å²) < 4.78 is 52.8. The van der Waals surface area contributed by atoms with E-state index in [-0.39, 0.29) is 15.5 Å². The fraction of sp³-hybridized carbons (Fsp3) is 0. The average molecular weight is 369 g/mol. The first-order chi connectivity index (χ1) is 11.3. The van der Waals surface area contributed by atoms with Gasteiger partial charge in [-0.15, -0.1) is 11.3 Å². The number of anilines is 1. The lowest BCUT2D eigenvalue weighted by Gasteiger charge is -2.06. The predicted molar refractivity (Wildman–Crippen MR) is 85.3 cm³/mol. The molecular formula is C14H9F2N3O3S2. The molecule has 0 aliphatic rings. The minimum atomic E-state index is -3.96. The van der Waals surface area contributed by atoms with Crippen LogP contribution in [0.15, 0.2) is 51.5 Å². The first kappa shape index (κ1) is 16.3. The van der Waals surface area contributed by atoms with Crippen molar-refractivity contribution in [1.29, 1.82) is 0 Å². The van der Waals surface area contributed by atoms with E-state index in [1.807, 2.05) is 0 Å². The lowest BCUT2D eigenvalue weighted by molar-refractivity contribution is 0.509. The van der Waals surface area contributed by atoms with Gasteiger partial charge in [-0.2, -0.15) is 5.10 Å². The number of nitrogens with zero attached hydrogens (tertiary/aromatic N) is 1. The Morgan fingerprint density at radius 3 is 2.50 bits per heavy atom. The van der Waals surface area contributed by atoms with Crippen LogP contribution in [0.1, 0.15) is 0 Å². The molecule has 2 aromatic heterocycles. The number of aromatic amines is 1. The zero-order valence-corrected chi connectivity index (χ0v) is 13.4. The second-order valence-corrected chi connectivity index (χ2v) is 7.65. The summed E-state index contributed by atoms with van der Waals surface area (Å²) in [4.78, 5) is 11.5. The summed E-state index contributed by atoms with van der Waals surface area (Å²) in [5, 5.41) is 6.07. The van der Waals surface area contributed by atoms with E-state index in [9.17, 15) is 22.0 Å². The lowest BCUT2D eigenvalue weighted by Crippen LogP contribution is -2.11. The lowest BCUT2D eigenvalue weighted by atomic mass is 10.3. The highest BCUT2D eigenvalue weighted by Gasteiger charge is 2.18. The van der Waals surface area contributed by atoms with Gasteiger partial charge in [-0.3, -0.25) is 9.52 Å². The van der Waals surface area contributed by atoms with Gasteiger partial charge in [0, 0.05) is 12.1 Å². The molecule has 6 nitrogen and oxygen atoms in total. The molecule has 3 aromatic rings. The second kappa shape index (κ2) is 6.13. The van der Waals surface area contributed by atoms with Crippen LogP contribution in [0.5, 0.6) is 0 Å². The first-order valence-corrected chi connectivity index (χ1v) is 8.79. The van der Waals surface area contributed by atoms with Gasteiger partial charge in [-0.25, -0.2) is 22.3 Å². The van der Waals surface area contributed by atoms with Crippen LogP contribution >= 0.6 is 11.3 Å². The van der Waals surface area contributed by atoms with Gasteiger partial charge in [0.05, 0.1) is 10.6 Å². The van der Waals surface area contributed by atoms with E-state index in [4.69, 9.17) is 0 Å². The molecule has 0 unspecified atom stereocenters. The number of sulfonamides is 1. The smallest absolute Gasteiger partial charge is 0.271 e. The summed E-state index contributed by atoms with van der Waals surface area (Å²) in [6.07, 6.45) is 0. The van der Waals surface area contributed by atoms with E-state index in [1.165, 1.54) is 24.3 Å². The van der Waals surface area contributed by atoms with Crippen LogP contribution in [0.2, 0.25) is 0 Å². The number of H-pyrrole nitrogens is 1. The van der Waals surface area contributed by atoms with Gasteiger partial charge in [0.1, 0.15) is 9.90 Å². The molecule has 0 saturated heterocycles. The second-order valence-electron chi connectivity index (χ2n) is 4.66. The summed E-state index contributed by atoms with van der Waals surface area (Å²) in [5.41, 5.74) is -0.0527. The molecule has 1 aromatic carbocycles. The molecule has 3 rings (SSSR count). The maximum atomic E-state index is 13.2. The molecule has 24 heavy (non-hydrogen) atoms. The molecule has 2 heterocycles. The average Bonchev–Trinajstić information content (AvgIpc) is 3.02. The third kappa shape index (κ3) is 3.34. The van der Waals surface area contributed by atoms with Crippen molar-refractivity contribution in [2.24, 2.45) is 0 Å². The van der Waals surface area contributed by atoms with Crippen molar-refractivity contribution < 1.29 is 17.2 Å². The van der Waals surface area contributed by atoms with Crippen molar-refractivity contribution in [3.8, 4) is 10.6 Å². The SMILES string of the molecule is O=c1ccc(-c2ccc(S(=O)(=O)Nc3ccc(F)c(F)c3)s2)n[nH]1. The monoisotopic (exact) mass is 369 g/mol. The number of hydrogen-bond donors (Lipinski definition) is 2. The van der Waals surface area contributed by atoms with Gasteiger partial charge < -0.3 is 0 Å². The quantitative estimate of drug-likeness (QED) is 0.739. The maximum absolute atomic E-state index is 13.2. The zero-order valence-electron chi connectivity index (χ0n) is 11.8. The van der Waals surface area contributed by atoms with Gasteiger partial charge in [0.25, 0.3) is 15.6 Å². The van der Waals surface area contributed by atoms with E-state index in [2.05, 4.69) is 14.9 Å². The first-order valence-electron chi connectivity index (χ1n) is 6.49. The third-order valence-corrected chi connectivity index (χ3v) is 5.93. The molecule has 0 aliphatic carbocycles. The van der Waals surface area contributed by atoms with Crippen LogP contribution in [-0.2, 0) is 10.0 Å². The van der Waals surface area contributed by atoms with Crippen LogP contribution in [0, 0.1) is 11.6 Å². The Bertz CT molecular complexity index is 1040. The molecule has 0 amide bonds. The highest BCUT2D eigenvalue weighted by Crippen LogP contribution is 2.30. The molecule has 124 valence electrons. The molecule has 0 fully saturated rings. The van der Waals surface area contributed by atoms with Crippen molar-refractivity contribution in [3.63, 3.8) is 0 Å². The number of hydrogen-bond acceptors (Lipinski definition) is 5. The Morgan fingerprint density at radius 1 is 1.04 bits per heavy atom. The number of nitrogens with one attached hydrogen (secondary N) is 2. The molecule has 0 atom stereocenters. The predicted octanol–water partition coefficient (Wildman–Crippen LogP) is 2.58. The molecule has 0 spiro atoms. The molecular weight excluding hydrogens is 360 g/mol. The largest absolute Gasteiger partial charge is 0.279 e. The summed E-state index contributed by atoms with van der Waals surface area (Å²) in [6.45, 7) is 0. The maximum Gasteiger partial charge on any atom is 0.271 e. The topological polar surface area (TPSA) is 91.9 Å². The number of rotatable bonds is 4. The minimum Gasteiger partial charge on any atom is -0.279 e. The van der Waals surface area contributed by atoms with E-state index in [0.717, 1.165) is 29.5 Å². The van der Waals surface area contributed by atoms with E-state index >= 15 is 0 Å². The normalized spacial score (nSPS) is 11.4. The zero-order chi connectivity index (χ0) is 17.3. The molecule has 10 heteroatoms. The Hall–Kier alpha value is -2.59. The van der Waals surface area contributed by atoms with Crippen molar-refractivity contribution in [2.45, 2.75) is 4.21 Å². The molecule has 0 saturated carbocycles. The number of halogens is 2. The molecule has 0 aliphatic heterocycles. The fourth-order valence-corrected chi connectivity index (χ4v) is 4.17. The standard InChI is InChI=1S/C14H9F2N3O3S2/c15-9-2-1-8(7-10(9)16)19-24(21,22)14-6-4-12(23-14)11-3-5-13(20)18-17-11/h1-7,19H,(H,18,20). The summed E-state index contributed by atoms with van der Waals surface area (Å²) in [5.74, 6) is -2.22. The minimum absolute atomic E-state index is 0.0322. The molecule has 2 N–H and O–H groups in total. The van der Waals surface area contributed by atoms with Crippen LogP contribution in [0.4, 0.5) is 14.5 Å². The van der Waals surface area contributed by atoms with Crippen LogP contribution in [-0.4, -0.2) is 18.6 Å². The number of benzene rings is 1. The van der Waals surface area contributed by atoms with Crippen molar-refractivity contribution in [2.75, 3.05) is 4.72 Å². The third-order valence-electron chi connectivity index (χ3n) is 2.95. The Morgan fingerprint density at radius 2 is 1.83 bits per heavy atom. The van der Waals surface area contributed by atoms with Crippen LogP contribution < -0.4 is 10.3 Å². The highest BCUT2D eigenvalue weighted by molar-refractivity contribution is 7.94.